The van der Waals surface area contributed by atoms with Crippen LogP contribution in [0.1, 0.15) is 69.1 Å². The van der Waals surface area contributed by atoms with Gasteiger partial charge < -0.3 is 35.0 Å². The van der Waals surface area contributed by atoms with Crippen LogP contribution < -0.4 is 20.8 Å². The first-order chi connectivity index (χ1) is 27.0. The molecular weight excluding hydrogens is 727 g/mol. The van der Waals surface area contributed by atoms with E-state index in [9.17, 15) is 24.3 Å². The molecule has 4 N–H and O–H groups in total. The number of aryl methyl sites for hydroxylation is 2. The lowest BCUT2D eigenvalue weighted by Gasteiger charge is -2.36. The highest BCUT2D eigenvalue weighted by molar-refractivity contribution is 5.88. The Morgan fingerprint density at radius 2 is 1.67 bits per heavy atom. The molecule has 14 nitrogen and oxygen atoms in total. The number of hydrogen-bond acceptors (Lipinski definition) is 9. The molecule has 4 rings (SSSR count). The van der Waals surface area contributed by atoms with Crippen molar-refractivity contribution in [2.75, 3.05) is 33.9 Å². The SMILES string of the molecule is CC[C@H](C)[C@@H](C(=O)N[C@@H](Cc1ccccc1)[C@@H](O)CN(Cc1ccc(OC)c(C)c1)NC(=O)[C@@H](NC(=O)OC)C(C)(C)C)N1CCN(Cc2cccc(C)n2)C1=O. The molecule has 2 aromatic carbocycles. The summed E-state index contributed by atoms with van der Waals surface area (Å²) in [6.45, 7) is 14.5. The Kier molecular flexibility index (Phi) is 15.8. The summed E-state index contributed by atoms with van der Waals surface area (Å²) in [5.41, 5.74) is 6.47. The Bertz CT molecular complexity index is 1820. The molecule has 1 aliphatic heterocycles. The van der Waals surface area contributed by atoms with Crippen molar-refractivity contribution in [3.63, 3.8) is 0 Å². The van der Waals surface area contributed by atoms with E-state index >= 15 is 0 Å². The van der Waals surface area contributed by atoms with Crippen LogP contribution in [0.5, 0.6) is 5.75 Å². The Morgan fingerprint density at radius 1 is 0.947 bits per heavy atom. The highest BCUT2D eigenvalue weighted by atomic mass is 16.5. The van der Waals surface area contributed by atoms with E-state index < -0.39 is 41.6 Å². The van der Waals surface area contributed by atoms with Gasteiger partial charge in [0.2, 0.25) is 5.91 Å². The fourth-order valence-corrected chi connectivity index (χ4v) is 7.07. The molecule has 1 saturated heterocycles. The Hall–Kier alpha value is -5.21. The molecule has 5 atom stereocenters. The van der Waals surface area contributed by atoms with Crippen molar-refractivity contribution in [3.8, 4) is 5.75 Å². The van der Waals surface area contributed by atoms with E-state index in [2.05, 4.69) is 21.0 Å². The average molecular weight is 788 g/mol. The molecule has 0 bridgehead atoms. The number of alkyl carbamates (subject to hydrolysis) is 1. The second kappa shape index (κ2) is 20.3. The number of aliphatic hydroxyl groups excluding tert-OH is 1. The zero-order valence-electron chi connectivity index (χ0n) is 34.9. The minimum absolute atomic E-state index is 0.0996. The van der Waals surface area contributed by atoms with Crippen molar-refractivity contribution in [3.05, 3.63) is 94.8 Å². The molecule has 0 radical (unpaired) electrons. The highest BCUT2D eigenvalue weighted by Gasteiger charge is 2.41. The lowest BCUT2D eigenvalue weighted by Crippen LogP contribution is -2.60. The van der Waals surface area contributed by atoms with Gasteiger partial charge in [-0.05, 0) is 66.5 Å². The van der Waals surface area contributed by atoms with Crippen LogP contribution in [0.15, 0.2) is 66.7 Å². The molecule has 3 aromatic rings. The van der Waals surface area contributed by atoms with Gasteiger partial charge >= 0.3 is 12.1 Å². The number of hydrogen-bond donors (Lipinski definition) is 4. The number of urea groups is 1. The number of benzene rings is 2. The zero-order chi connectivity index (χ0) is 41.9. The number of pyridine rings is 1. The number of aromatic nitrogens is 1. The predicted molar refractivity (Wildman–Crippen MR) is 218 cm³/mol. The van der Waals surface area contributed by atoms with Gasteiger partial charge in [-0.2, -0.15) is 0 Å². The van der Waals surface area contributed by atoms with E-state index in [0.29, 0.717) is 31.8 Å². The number of carbonyl (C=O) groups excluding carboxylic acids is 4. The van der Waals surface area contributed by atoms with E-state index in [-0.39, 0.29) is 37.4 Å². The van der Waals surface area contributed by atoms with Gasteiger partial charge in [-0.1, -0.05) is 89.6 Å². The fraction of sp³-hybridized carbons (Fsp3) is 0.512. The molecule has 0 unspecified atom stereocenters. The summed E-state index contributed by atoms with van der Waals surface area (Å²) >= 11 is 0. The second-order valence-corrected chi connectivity index (χ2v) is 16.0. The zero-order valence-corrected chi connectivity index (χ0v) is 34.9. The molecule has 0 saturated carbocycles. The fourth-order valence-electron chi connectivity index (χ4n) is 7.07. The lowest BCUT2D eigenvalue weighted by atomic mass is 9.86. The predicted octanol–water partition coefficient (Wildman–Crippen LogP) is 4.75. The molecule has 2 heterocycles. The van der Waals surface area contributed by atoms with Gasteiger partial charge in [0.15, 0.2) is 0 Å². The first-order valence-corrected chi connectivity index (χ1v) is 19.6. The van der Waals surface area contributed by atoms with Gasteiger partial charge in [0.25, 0.3) is 5.91 Å². The minimum Gasteiger partial charge on any atom is -0.496 e. The van der Waals surface area contributed by atoms with Gasteiger partial charge in [0.1, 0.15) is 17.8 Å². The van der Waals surface area contributed by atoms with Crippen molar-refractivity contribution in [2.45, 2.75) is 98.6 Å². The van der Waals surface area contributed by atoms with Gasteiger partial charge in [-0.3, -0.25) is 20.0 Å². The number of rotatable bonds is 18. The van der Waals surface area contributed by atoms with Crippen molar-refractivity contribution in [1.82, 2.24) is 35.9 Å². The van der Waals surface area contributed by atoms with E-state index in [4.69, 9.17) is 9.47 Å². The van der Waals surface area contributed by atoms with Crippen LogP contribution >= 0.6 is 0 Å². The first kappa shape index (κ1) is 44.5. The molecular formula is C43H61N7O7. The van der Waals surface area contributed by atoms with Crippen molar-refractivity contribution < 1.29 is 33.8 Å². The monoisotopic (exact) mass is 787 g/mol. The van der Waals surface area contributed by atoms with E-state index in [1.54, 1.807) is 21.9 Å². The van der Waals surface area contributed by atoms with Crippen LogP contribution in [0.25, 0.3) is 0 Å². The molecule has 0 aliphatic carbocycles. The van der Waals surface area contributed by atoms with Crippen LogP contribution in [0.3, 0.4) is 0 Å². The van der Waals surface area contributed by atoms with Gasteiger partial charge in [-0.15, -0.1) is 0 Å². The number of amides is 5. The van der Waals surface area contributed by atoms with Crippen LogP contribution in [0.2, 0.25) is 0 Å². The van der Waals surface area contributed by atoms with Crippen molar-refractivity contribution in [1.29, 1.82) is 0 Å². The van der Waals surface area contributed by atoms with Gasteiger partial charge in [-0.25, -0.2) is 14.6 Å². The van der Waals surface area contributed by atoms with E-state index in [1.807, 2.05) is 115 Å². The number of hydrazine groups is 1. The summed E-state index contributed by atoms with van der Waals surface area (Å²) in [6, 6.07) is 18.0. The standard InChI is InChI=1S/C43H61N7O7/c1-10-28(2)37(50-22-21-48(42(50)55)26-33-18-14-15-30(4)44-33)39(52)45-34(24-31-16-12-11-13-17-31)35(51)27-49(25-32-19-20-36(56-8)29(3)23-32)47-40(53)38(43(5,6)7)46-41(54)57-9/h11-20,23,28,34-35,37-38,51H,10,21-22,24-27H2,1-9H3,(H,45,52)(H,46,54)(H,47,53)/t28-,34-,35-,37-,38+/m0/s1. The maximum atomic E-state index is 14.5. The number of methoxy groups -OCH3 is 2. The Labute approximate surface area is 337 Å². The smallest absolute Gasteiger partial charge is 0.407 e. The maximum Gasteiger partial charge on any atom is 0.407 e. The number of aliphatic hydroxyl groups is 1. The van der Waals surface area contributed by atoms with Crippen molar-refractivity contribution in [2.24, 2.45) is 11.3 Å². The molecule has 57 heavy (non-hydrogen) atoms. The van der Waals surface area contributed by atoms with Crippen molar-refractivity contribution >= 4 is 23.9 Å². The quantitative estimate of drug-likeness (QED) is 0.133. The third-order valence-electron chi connectivity index (χ3n) is 10.4. The Morgan fingerprint density at radius 3 is 2.28 bits per heavy atom. The summed E-state index contributed by atoms with van der Waals surface area (Å²) in [4.78, 5) is 62.5. The molecule has 1 fully saturated rings. The molecule has 310 valence electrons. The summed E-state index contributed by atoms with van der Waals surface area (Å²) in [5.74, 6) is -0.364. The first-order valence-electron chi connectivity index (χ1n) is 19.6. The normalized spacial score (nSPS) is 15.7. The molecule has 1 aliphatic rings. The number of carbonyl (C=O) groups is 4. The maximum absolute atomic E-state index is 14.5. The van der Waals surface area contributed by atoms with Crippen LogP contribution in [-0.2, 0) is 33.8 Å². The average Bonchev–Trinajstić information content (AvgIpc) is 3.51. The van der Waals surface area contributed by atoms with Gasteiger partial charge in [0.05, 0.1) is 38.6 Å². The van der Waals surface area contributed by atoms with E-state index in [1.165, 1.54) is 7.11 Å². The van der Waals surface area contributed by atoms with E-state index in [0.717, 1.165) is 28.1 Å². The van der Waals surface area contributed by atoms with Crippen LogP contribution in [0.4, 0.5) is 9.59 Å². The summed E-state index contributed by atoms with van der Waals surface area (Å²) in [7, 11) is 2.82. The third kappa shape index (κ3) is 12.4. The Balaban J connectivity index is 1.63. The summed E-state index contributed by atoms with van der Waals surface area (Å²) < 4.78 is 10.3. The second-order valence-electron chi connectivity index (χ2n) is 16.0. The van der Waals surface area contributed by atoms with Crippen LogP contribution in [0, 0.1) is 25.2 Å². The largest absolute Gasteiger partial charge is 0.496 e. The molecule has 1 aromatic heterocycles. The minimum atomic E-state index is -1.20. The topological polar surface area (TPSA) is 166 Å². The molecule has 14 heteroatoms. The number of nitrogens with zero attached hydrogens (tertiary/aromatic N) is 4. The molecule has 0 spiro atoms. The summed E-state index contributed by atoms with van der Waals surface area (Å²) in [5, 5.41) is 19.5. The number of nitrogens with one attached hydrogen (secondary N) is 3. The molecule has 5 amide bonds. The highest BCUT2D eigenvalue weighted by Crippen LogP contribution is 2.24. The summed E-state index contributed by atoms with van der Waals surface area (Å²) in [6.07, 6.45) is -1.04. The number of ether oxygens (including phenoxy) is 2. The van der Waals surface area contributed by atoms with Gasteiger partial charge in [0, 0.05) is 31.9 Å². The van der Waals surface area contributed by atoms with Crippen LogP contribution in [-0.4, -0.2) is 107 Å². The lowest BCUT2D eigenvalue weighted by molar-refractivity contribution is -0.132. The third-order valence-corrected chi connectivity index (χ3v) is 10.4.